The van der Waals surface area contributed by atoms with Gasteiger partial charge in [-0.05, 0) is 36.2 Å². The first-order valence-corrected chi connectivity index (χ1v) is 11.0. The molecule has 0 N–H and O–H groups in total. The summed E-state index contributed by atoms with van der Waals surface area (Å²) in [6.45, 7) is 8.85. The van der Waals surface area contributed by atoms with E-state index in [1.807, 2.05) is 12.1 Å². The molecule has 0 unspecified atom stereocenters. The summed E-state index contributed by atoms with van der Waals surface area (Å²) in [5.74, 6) is 1.62. The van der Waals surface area contributed by atoms with Crippen molar-refractivity contribution in [3.8, 4) is 22.1 Å². The number of thiazole rings is 1. The van der Waals surface area contributed by atoms with E-state index < -0.39 is 0 Å². The molecule has 1 fully saturated rings. The van der Waals surface area contributed by atoms with Crippen molar-refractivity contribution in [2.24, 2.45) is 0 Å². The molecule has 0 amide bonds. The van der Waals surface area contributed by atoms with E-state index in [2.05, 4.69) is 52.4 Å². The summed E-state index contributed by atoms with van der Waals surface area (Å²) in [5, 5.41) is 3.22. The second-order valence-corrected chi connectivity index (χ2v) is 8.55. The summed E-state index contributed by atoms with van der Waals surface area (Å²) >= 11 is 1.70. The van der Waals surface area contributed by atoms with Crippen molar-refractivity contribution in [1.29, 1.82) is 0 Å². The molecule has 6 heteroatoms. The van der Waals surface area contributed by atoms with E-state index >= 15 is 0 Å². The maximum absolute atomic E-state index is 5.49. The molecule has 0 aliphatic carbocycles. The zero-order chi connectivity index (χ0) is 19.6. The third kappa shape index (κ3) is 4.15. The topological polar surface area (TPSA) is 37.8 Å². The number of ether oxygens (including phenoxy) is 2. The number of hydrogen-bond acceptors (Lipinski definition) is 6. The van der Waals surface area contributed by atoms with Crippen LogP contribution in [-0.2, 0) is 13.1 Å². The highest BCUT2D eigenvalue weighted by molar-refractivity contribution is 7.13. The van der Waals surface area contributed by atoms with Gasteiger partial charge in [-0.1, -0.05) is 24.3 Å². The Balaban J connectivity index is 1.17. The Hall–Kier alpha value is -2.41. The van der Waals surface area contributed by atoms with Crippen LogP contribution in [0.2, 0.25) is 0 Å². The largest absolute Gasteiger partial charge is 0.454 e. The van der Waals surface area contributed by atoms with Gasteiger partial charge in [0, 0.05) is 50.2 Å². The minimum atomic E-state index is 0.303. The zero-order valence-corrected chi connectivity index (χ0v) is 17.5. The van der Waals surface area contributed by atoms with Crippen LogP contribution in [0.1, 0.15) is 16.8 Å². The van der Waals surface area contributed by atoms with Crippen molar-refractivity contribution in [3.05, 3.63) is 64.7 Å². The van der Waals surface area contributed by atoms with Crippen LogP contribution >= 0.6 is 11.3 Å². The third-order valence-electron chi connectivity index (χ3n) is 5.68. The van der Waals surface area contributed by atoms with Crippen molar-refractivity contribution in [3.63, 3.8) is 0 Å². The fourth-order valence-electron chi connectivity index (χ4n) is 3.90. The van der Waals surface area contributed by atoms with Gasteiger partial charge in [-0.3, -0.25) is 9.80 Å². The van der Waals surface area contributed by atoms with Gasteiger partial charge in [0.1, 0.15) is 5.01 Å². The quantitative estimate of drug-likeness (QED) is 0.635. The lowest BCUT2D eigenvalue weighted by molar-refractivity contribution is 0.121. The monoisotopic (exact) mass is 407 g/mol. The van der Waals surface area contributed by atoms with Gasteiger partial charge in [-0.2, -0.15) is 0 Å². The Labute approximate surface area is 175 Å². The van der Waals surface area contributed by atoms with Crippen molar-refractivity contribution in [2.45, 2.75) is 20.0 Å². The van der Waals surface area contributed by atoms with E-state index in [0.29, 0.717) is 6.79 Å². The molecule has 2 aliphatic heterocycles. The molecule has 5 nitrogen and oxygen atoms in total. The Morgan fingerprint density at radius 3 is 2.52 bits per heavy atom. The average Bonchev–Trinajstić information content (AvgIpc) is 3.40. The first-order chi connectivity index (χ1) is 14.2. The number of nitrogens with zero attached hydrogens (tertiary/aromatic N) is 3. The first kappa shape index (κ1) is 18.6. The maximum Gasteiger partial charge on any atom is 0.231 e. The van der Waals surface area contributed by atoms with E-state index in [4.69, 9.17) is 14.5 Å². The number of hydrogen-bond donors (Lipinski definition) is 0. The number of aromatic nitrogens is 1. The molecule has 29 heavy (non-hydrogen) atoms. The summed E-state index contributed by atoms with van der Waals surface area (Å²) in [7, 11) is 0. The zero-order valence-electron chi connectivity index (χ0n) is 16.6. The van der Waals surface area contributed by atoms with E-state index in [1.165, 1.54) is 11.1 Å². The number of aryl methyl sites for hydroxylation is 1. The lowest BCUT2D eigenvalue weighted by atomic mass is 10.1. The van der Waals surface area contributed by atoms with Crippen LogP contribution in [0.25, 0.3) is 10.6 Å². The van der Waals surface area contributed by atoms with E-state index in [-0.39, 0.29) is 0 Å². The van der Waals surface area contributed by atoms with Gasteiger partial charge in [0.05, 0.1) is 5.69 Å². The summed E-state index contributed by atoms with van der Waals surface area (Å²) in [4.78, 5) is 9.93. The highest BCUT2D eigenvalue weighted by atomic mass is 32.1. The fourth-order valence-corrected chi connectivity index (χ4v) is 4.71. The second-order valence-electron chi connectivity index (χ2n) is 7.69. The van der Waals surface area contributed by atoms with Gasteiger partial charge in [0.25, 0.3) is 0 Å². The van der Waals surface area contributed by atoms with Crippen LogP contribution in [-0.4, -0.2) is 47.8 Å². The molecule has 0 saturated carbocycles. The van der Waals surface area contributed by atoms with Crippen LogP contribution in [0, 0.1) is 6.92 Å². The van der Waals surface area contributed by atoms with Crippen LogP contribution in [0.15, 0.2) is 47.8 Å². The minimum absolute atomic E-state index is 0.303. The molecular formula is C23H25N3O2S. The predicted octanol–water partition coefficient (Wildman–Crippen LogP) is 4.17. The number of piperazine rings is 1. The summed E-state index contributed by atoms with van der Waals surface area (Å²) < 4.78 is 10.9. The molecule has 150 valence electrons. The smallest absolute Gasteiger partial charge is 0.231 e. The number of fused-ring (bicyclic) bond motifs is 1. The van der Waals surface area contributed by atoms with E-state index in [1.54, 1.807) is 11.3 Å². The van der Waals surface area contributed by atoms with Crippen LogP contribution in [0.5, 0.6) is 11.5 Å². The second kappa shape index (κ2) is 8.14. The van der Waals surface area contributed by atoms with E-state index in [0.717, 1.165) is 67.0 Å². The Kier molecular flexibility index (Phi) is 5.23. The maximum atomic E-state index is 5.49. The molecule has 2 aliphatic rings. The van der Waals surface area contributed by atoms with Crippen molar-refractivity contribution in [2.75, 3.05) is 33.0 Å². The Morgan fingerprint density at radius 1 is 0.931 bits per heavy atom. The average molecular weight is 408 g/mol. The van der Waals surface area contributed by atoms with Crippen molar-refractivity contribution >= 4 is 11.3 Å². The molecule has 1 saturated heterocycles. The SMILES string of the molecule is Cc1ccccc1CN1CCN(Cc2csc(-c3ccc4c(c3)OCO4)n2)CC1. The van der Waals surface area contributed by atoms with Crippen LogP contribution in [0.3, 0.4) is 0 Å². The van der Waals surface area contributed by atoms with Gasteiger partial charge in [0.2, 0.25) is 6.79 Å². The molecule has 3 aromatic rings. The first-order valence-electron chi connectivity index (χ1n) is 10.1. The fraction of sp³-hybridized carbons (Fsp3) is 0.348. The summed E-state index contributed by atoms with van der Waals surface area (Å²) in [5.41, 5.74) is 5.06. The molecule has 5 rings (SSSR count). The van der Waals surface area contributed by atoms with Gasteiger partial charge in [-0.15, -0.1) is 11.3 Å². The lowest BCUT2D eigenvalue weighted by Gasteiger charge is -2.34. The standard InChI is InChI=1S/C23H25N3O2S/c1-17-4-2-3-5-19(17)13-25-8-10-26(11-9-25)14-20-15-29-23(24-20)18-6-7-21-22(12-18)28-16-27-21/h2-7,12,15H,8-11,13-14,16H2,1H3. The van der Waals surface area contributed by atoms with Gasteiger partial charge in [0.15, 0.2) is 11.5 Å². The van der Waals surface area contributed by atoms with Gasteiger partial charge >= 0.3 is 0 Å². The van der Waals surface area contributed by atoms with Gasteiger partial charge in [-0.25, -0.2) is 4.98 Å². The van der Waals surface area contributed by atoms with Crippen molar-refractivity contribution < 1.29 is 9.47 Å². The number of benzene rings is 2. The molecule has 2 aromatic carbocycles. The molecule has 3 heterocycles. The van der Waals surface area contributed by atoms with Gasteiger partial charge < -0.3 is 9.47 Å². The molecule has 1 aromatic heterocycles. The minimum Gasteiger partial charge on any atom is -0.454 e. The summed E-state index contributed by atoms with van der Waals surface area (Å²) in [6, 6.07) is 14.7. The normalized spacial score (nSPS) is 17.0. The Morgan fingerprint density at radius 2 is 1.69 bits per heavy atom. The lowest BCUT2D eigenvalue weighted by Crippen LogP contribution is -2.45. The molecule has 0 atom stereocenters. The van der Waals surface area contributed by atoms with E-state index in [9.17, 15) is 0 Å². The number of rotatable bonds is 5. The Bertz CT molecular complexity index is 995. The van der Waals surface area contributed by atoms with Crippen molar-refractivity contribution in [1.82, 2.24) is 14.8 Å². The molecule has 0 bridgehead atoms. The van der Waals surface area contributed by atoms with Crippen LogP contribution < -0.4 is 9.47 Å². The highest BCUT2D eigenvalue weighted by Gasteiger charge is 2.19. The van der Waals surface area contributed by atoms with Crippen LogP contribution in [0.4, 0.5) is 0 Å². The molecule has 0 spiro atoms. The predicted molar refractivity (Wildman–Crippen MR) is 115 cm³/mol. The molecular weight excluding hydrogens is 382 g/mol. The summed E-state index contributed by atoms with van der Waals surface area (Å²) in [6.07, 6.45) is 0. The third-order valence-corrected chi connectivity index (χ3v) is 6.62. The molecule has 0 radical (unpaired) electrons. The highest BCUT2D eigenvalue weighted by Crippen LogP contribution is 2.36.